The van der Waals surface area contributed by atoms with Gasteiger partial charge in [-0.25, -0.2) is 0 Å². The van der Waals surface area contributed by atoms with Gasteiger partial charge >= 0.3 is 0 Å². The normalized spacial score (nSPS) is 21.0. The van der Waals surface area contributed by atoms with Crippen LogP contribution in [-0.4, -0.2) is 37.7 Å². The fraction of sp³-hybridized carbons (Fsp3) is 0.667. The van der Waals surface area contributed by atoms with E-state index in [1.807, 2.05) is 0 Å². The van der Waals surface area contributed by atoms with Gasteiger partial charge in [0.15, 0.2) is 0 Å². The van der Waals surface area contributed by atoms with Crippen LogP contribution < -0.4 is 10.1 Å². The first-order valence-corrected chi connectivity index (χ1v) is 8.44. The Kier molecular flexibility index (Phi) is 4.81. The van der Waals surface area contributed by atoms with Crippen LogP contribution in [0.1, 0.15) is 43.9 Å². The summed E-state index contributed by atoms with van der Waals surface area (Å²) in [6.45, 7) is 10.4. The smallest absolute Gasteiger partial charge is 0.122 e. The van der Waals surface area contributed by atoms with E-state index in [1.54, 1.807) is 0 Å². The molecule has 0 radical (unpaired) electrons. The summed E-state index contributed by atoms with van der Waals surface area (Å²) in [5, 5.41) is 3.70. The first kappa shape index (κ1) is 14.9. The van der Waals surface area contributed by atoms with Crippen molar-refractivity contribution in [1.29, 1.82) is 0 Å². The highest BCUT2D eigenvalue weighted by atomic mass is 16.5. The molecule has 0 spiro atoms. The first-order chi connectivity index (χ1) is 10.2. The average molecular weight is 288 g/mol. The third kappa shape index (κ3) is 3.78. The number of nitrogens with zero attached hydrogens (tertiary/aromatic N) is 1. The zero-order chi connectivity index (χ0) is 14.7. The Hall–Kier alpha value is -1.06. The third-order valence-corrected chi connectivity index (χ3v) is 4.75. The molecule has 116 valence electrons. The SMILES string of the molecule is CC(CNC(C)c1ccc2c(c1)CCO2)CN1CCCC1. The molecule has 2 unspecified atom stereocenters. The number of nitrogens with one attached hydrogen (secondary N) is 1. The van der Waals surface area contributed by atoms with Gasteiger partial charge in [0, 0.05) is 19.0 Å². The van der Waals surface area contributed by atoms with Gasteiger partial charge in [-0.15, -0.1) is 0 Å². The van der Waals surface area contributed by atoms with E-state index < -0.39 is 0 Å². The molecule has 1 fully saturated rings. The van der Waals surface area contributed by atoms with Gasteiger partial charge in [0.1, 0.15) is 5.75 Å². The van der Waals surface area contributed by atoms with E-state index >= 15 is 0 Å². The standard InChI is InChI=1S/C18H28N2O/c1-14(13-20-8-3-4-9-20)12-19-15(2)16-5-6-18-17(11-16)7-10-21-18/h5-6,11,14-15,19H,3-4,7-10,12-13H2,1-2H3. The van der Waals surface area contributed by atoms with E-state index in [1.165, 1.54) is 43.6 Å². The first-order valence-electron chi connectivity index (χ1n) is 8.44. The Bertz CT molecular complexity index is 468. The second kappa shape index (κ2) is 6.80. The molecule has 3 nitrogen and oxygen atoms in total. The van der Waals surface area contributed by atoms with Gasteiger partial charge in [-0.3, -0.25) is 0 Å². The Labute approximate surface area is 128 Å². The molecule has 0 bridgehead atoms. The molecule has 21 heavy (non-hydrogen) atoms. The predicted octanol–water partition coefficient (Wildman–Crippen LogP) is 3.00. The maximum atomic E-state index is 5.58. The highest BCUT2D eigenvalue weighted by Gasteiger charge is 2.17. The molecule has 2 heterocycles. The quantitative estimate of drug-likeness (QED) is 0.871. The van der Waals surface area contributed by atoms with Crippen molar-refractivity contribution in [2.24, 2.45) is 5.92 Å². The number of hydrogen-bond donors (Lipinski definition) is 1. The largest absolute Gasteiger partial charge is 0.493 e. The predicted molar refractivity (Wildman–Crippen MR) is 86.9 cm³/mol. The van der Waals surface area contributed by atoms with Gasteiger partial charge in [-0.2, -0.15) is 0 Å². The number of ether oxygens (including phenoxy) is 1. The fourth-order valence-corrected chi connectivity index (χ4v) is 3.44. The van der Waals surface area contributed by atoms with E-state index in [9.17, 15) is 0 Å². The van der Waals surface area contributed by atoms with Crippen molar-refractivity contribution < 1.29 is 4.74 Å². The zero-order valence-corrected chi connectivity index (χ0v) is 13.4. The van der Waals surface area contributed by atoms with Crippen LogP contribution in [0.25, 0.3) is 0 Å². The summed E-state index contributed by atoms with van der Waals surface area (Å²) in [4.78, 5) is 2.60. The number of fused-ring (bicyclic) bond motifs is 1. The van der Waals surface area contributed by atoms with E-state index in [0.717, 1.165) is 25.3 Å². The molecule has 2 aliphatic rings. The molecule has 1 aromatic carbocycles. The minimum Gasteiger partial charge on any atom is -0.493 e. The Balaban J connectivity index is 1.48. The second-order valence-electron chi connectivity index (χ2n) is 6.71. The Morgan fingerprint density at radius 2 is 2.05 bits per heavy atom. The molecule has 2 atom stereocenters. The van der Waals surface area contributed by atoms with E-state index in [-0.39, 0.29) is 0 Å². The topological polar surface area (TPSA) is 24.5 Å². The maximum absolute atomic E-state index is 5.58. The van der Waals surface area contributed by atoms with Gasteiger partial charge in [-0.1, -0.05) is 19.1 Å². The molecule has 3 rings (SSSR count). The minimum atomic E-state index is 0.414. The van der Waals surface area contributed by atoms with Crippen molar-refractivity contribution in [3.63, 3.8) is 0 Å². The van der Waals surface area contributed by atoms with Crippen molar-refractivity contribution >= 4 is 0 Å². The van der Waals surface area contributed by atoms with Gasteiger partial charge in [-0.05, 0) is 62.5 Å². The number of hydrogen-bond acceptors (Lipinski definition) is 3. The highest BCUT2D eigenvalue weighted by molar-refractivity contribution is 5.40. The zero-order valence-electron chi connectivity index (χ0n) is 13.4. The Morgan fingerprint density at radius 1 is 1.24 bits per heavy atom. The third-order valence-electron chi connectivity index (χ3n) is 4.75. The summed E-state index contributed by atoms with van der Waals surface area (Å²) >= 11 is 0. The molecule has 0 saturated carbocycles. The monoisotopic (exact) mass is 288 g/mol. The van der Waals surface area contributed by atoms with Crippen molar-refractivity contribution in [2.45, 2.75) is 39.2 Å². The lowest BCUT2D eigenvalue weighted by molar-refractivity contribution is 0.279. The van der Waals surface area contributed by atoms with Crippen molar-refractivity contribution in [1.82, 2.24) is 10.2 Å². The van der Waals surface area contributed by atoms with E-state index in [4.69, 9.17) is 4.74 Å². The molecule has 1 saturated heterocycles. The second-order valence-corrected chi connectivity index (χ2v) is 6.71. The molecule has 2 aliphatic heterocycles. The molecule has 3 heteroatoms. The van der Waals surface area contributed by atoms with Gasteiger partial charge in [0.2, 0.25) is 0 Å². The molecule has 0 amide bonds. The van der Waals surface area contributed by atoms with Crippen molar-refractivity contribution in [2.75, 3.05) is 32.8 Å². The molecular formula is C18H28N2O. The van der Waals surface area contributed by atoms with Crippen LogP contribution in [0.5, 0.6) is 5.75 Å². The summed E-state index contributed by atoms with van der Waals surface area (Å²) in [6.07, 6.45) is 3.82. The maximum Gasteiger partial charge on any atom is 0.122 e. The summed E-state index contributed by atoms with van der Waals surface area (Å²) in [6, 6.07) is 7.05. The Morgan fingerprint density at radius 3 is 2.86 bits per heavy atom. The summed E-state index contributed by atoms with van der Waals surface area (Å²) < 4.78 is 5.58. The average Bonchev–Trinajstić information content (AvgIpc) is 3.14. The van der Waals surface area contributed by atoms with Gasteiger partial charge in [0.05, 0.1) is 6.61 Å². The lowest BCUT2D eigenvalue weighted by Gasteiger charge is -2.23. The number of rotatable bonds is 6. The van der Waals surface area contributed by atoms with Crippen LogP contribution in [0.4, 0.5) is 0 Å². The lowest BCUT2D eigenvalue weighted by Crippen LogP contribution is -2.32. The number of likely N-dealkylation sites (tertiary alicyclic amines) is 1. The number of benzene rings is 1. The van der Waals surface area contributed by atoms with Crippen LogP contribution >= 0.6 is 0 Å². The lowest BCUT2D eigenvalue weighted by atomic mass is 10.0. The fourth-order valence-electron chi connectivity index (χ4n) is 3.44. The molecular weight excluding hydrogens is 260 g/mol. The summed E-state index contributed by atoms with van der Waals surface area (Å²) in [5.41, 5.74) is 2.75. The summed E-state index contributed by atoms with van der Waals surface area (Å²) in [5.74, 6) is 1.79. The summed E-state index contributed by atoms with van der Waals surface area (Å²) in [7, 11) is 0. The van der Waals surface area contributed by atoms with Crippen LogP contribution in [-0.2, 0) is 6.42 Å². The van der Waals surface area contributed by atoms with E-state index in [2.05, 4.69) is 42.3 Å². The van der Waals surface area contributed by atoms with Crippen LogP contribution in [0.3, 0.4) is 0 Å². The van der Waals surface area contributed by atoms with E-state index in [0.29, 0.717) is 12.0 Å². The minimum absolute atomic E-state index is 0.414. The molecule has 1 N–H and O–H groups in total. The van der Waals surface area contributed by atoms with Crippen LogP contribution in [0.15, 0.2) is 18.2 Å². The van der Waals surface area contributed by atoms with Gasteiger partial charge in [0.25, 0.3) is 0 Å². The molecule has 1 aromatic rings. The van der Waals surface area contributed by atoms with Crippen LogP contribution in [0.2, 0.25) is 0 Å². The van der Waals surface area contributed by atoms with Crippen molar-refractivity contribution in [3.05, 3.63) is 29.3 Å². The van der Waals surface area contributed by atoms with Gasteiger partial charge < -0.3 is 15.0 Å². The molecule has 0 aromatic heterocycles. The van der Waals surface area contributed by atoms with Crippen LogP contribution in [0, 0.1) is 5.92 Å². The highest BCUT2D eigenvalue weighted by Crippen LogP contribution is 2.28. The molecule has 0 aliphatic carbocycles. The van der Waals surface area contributed by atoms with Crippen molar-refractivity contribution in [3.8, 4) is 5.75 Å².